The molecule has 0 aliphatic rings. The zero-order chi connectivity index (χ0) is 13.5. The van der Waals surface area contributed by atoms with Crippen molar-refractivity contribution in [2.45, 2.75) is 6.92 Å². The molecule has 0 spiro atoms. The molecule has 0 aliphatic heterocycles. The molecule has 2 aromatic heterocycles. The molecule has 0 radical (unpaired) electrons. The van der Waals surface area contributed by atoms with Crippen LogP contribution in [0.2, 0.25) is 0 Å². The molecule has 2 aromatic rings. The quantitative estimate of drug-likeness (QED) is 0.326. The maximum atomic E-state index is 8.12. The number of aromatic nitrogens is 2. The van der Waals surface area contributed by atoms with Gasteiger partial charge >= 0.3 is 35.7 Å². The zero-order valence-corrected chi connectivity index (χ0v) is 13.7. The number of rotatable bonds is 1. The molecular weight excluding hydrogens is 251 g/mol. The summed E-state index contributed by atoms with van der Waals surface area (Å²) in [5.41, 5.74) is 3.64. The second-order valence-electron chi connectivity index (χ2n) is 3.91. The van der Waals surface area contributed by atoms with Gasteiger partial charge in [0.25, 0.3) is 0 Å². The Morgan fingerprint density at radius 1 is 1.11 bits per heavy atom. The summed E-state index contributed by atoms with van der Waals surface area (Å²) in [7, 11) is 4.10. The van der Waals surface area contributed by atoms with Gasteiger partial charge in [-0.3, -0.25) is 0 Å². The standard InChI is InChI=1S/C13H15N2.CO2.Na/c1-11-7-9-15(3)13(10-11)12-6-4-5-8-14(12)2;2-1-3;/h5-10H,1-3H3;;/q+1;;+1. The molecule has 0 fully saturated rings. The Kier molecular flexibility index (Phi) is 8.12. The molecule has 0 atom stereocenters. The minimum absolute atomic E-state index is 0. The third-order valence-electron chi connectivity index (χ3n) is 2.56. The van der Waals surface area contributed by atoms with Gasteiger partial charge in [0.2, 0.25) is 5.69 Å². The molecule has 4 nitrogen and oxygen atoms in total. The molecule has 2 rings (SSSR count). The van der Waals surface area contributed by atoms with Crippen molar-refractivity contribution in [2.24, 2.45) is 14.1 Å². The number of hydrogen-bond acceptors (Lipinski definition) is 2. The van der Waals surface area contributed by atoms with E-state index in [1.165, 1.54) is 17.0 Å². The van der Waals surface area contributed by atoms with E-state index in [-0.39, 0.29) is 35.7 Å². The summed E-state index contributed by atoms with van der Waals surface area (Å²) in [4.78, 5) is 16.2. The Labute approximate surface area is 135 Å². The van der Waals surface area contributed by atoms with Gasteiger partial charge in [-0.25, -0.2) is 4.57 Å². The third-order valence-corrected chi connectivity index (χ3v) is 2.56. The van der Waals surface area contributed by atoms with Crippen LogP contribution in [0.25, 0.3) is 11.4 Å². The zero-order valence-electron chi connectivity index (χ0n) is 11.7. The molecule has 0 bridgehead atoms. The van der Waals surface area contributed by atoms with Crippen molar-refractivity contribution in [3.8, 4) is 11.4 Å². The normalized spacial score (nSPS) is 8.58. The van der Waals surface area contributed by atoms with Crippen LogP contribution >= 0.6 is 0 Å². The fraction of sp³-hybridized carbons (Fsp3) is 0.214. The van der Waals surface area contributed by atoms with Crippen molar-refractivity contribution in [1.82, 2.24) is 0 Å². The van der Waals surface area contributed by atoms with Gasteiger partial charge in [0.15, 0.2) is 11.9 Å². The first kappa shape index (κ1) is 17.7. The van der Waals surface area contributed by atoms with Crippen molar-refractivity contribution in [3.05, 3.63) is 48.3 Å². The van der Waals surface area contributed by atoms with Gasteiger partial charge < -0.3 is 4.57 Å². The van der Waals surface area contributed by atoms with Gasteiger partial charge in [-0.15, -0.1) is 6.07 Å². The molecule has 0 saturated carbocycles. The van der Waals surface area contributed by atoms with Crippen LogP contribution in [0.15, 0.2) is 36.7 Å². The van der Waals surface area contributed by atoms with E-state index in [1.54, 1.807) is 0 Å². The molecule has 19 heavy (non-hydrogen) atoms. The van der Waals surface area contributed by atoms with E-state index < -0.39 is 0 Å². The Bertz CT molecular complexity index is 579. The van der Waals surface area contributed by atoms with Gasteiger partial charge in [-0.05, 0) is 12.5 Å². The summed E-state index contributed by atoms with van der Waals surface area (Å²) in [5.74, 6) is 0. The van der Waals surface area contributed by atoms with E-state index in [2.05, 4.69) is 47.5 Å². The van der Waals surface area contributed by atoms with Crippen LogP contribution < -0.4 is 38.7 Å². The second-order valence-corrected chi connectivity index (χ2v) is 3.91. The van der Waals surface area contributed by atoms with E-state index >= 15 is 0 Å². The summed E-state index contributed by atoms with van der Waals surface area (Å²) < 4.78 is 4.22. The molecule has 5 heteroatoms. The van der Waals surface area contributed by atoms with Crippen LogP contribution in [-0.4, -0.2) is 6.15 Å². The summed E-state index contributed by atoms with van der Waals surface area (Å²) in [6, 6.07) is 11.3. The number of nitrogens with zero attached hydrogens (tertiary/aromatic N) is 2. The van der Waals surface area contributed by atoms with Crippen LogP contribution in [0.5, 0.6) is 0 Å². The first-order valence-electron chi connectivity index (χ1n) is 5.42. The fourth-order valence-corrected chi connectivity index (χ4v) is 1.65. The number of hydrogen-bond donors (Lipinski definition) is 0. The average Bonchev–Trinajstić information content (AvgIpc) is 2.34. The first-order valence-corrected chi connectivity index (χ1v) is 5.42. The monoisotopic (exact) mass is 266 g/mol. The van der Waals surface area contributed by atoms with Crippen LogP contribution in [0, 0.1) is 13.0 Å². The Morgan fingerprint density at radius 3 is 2.26 bits per heavy atom. The van der Waals surface area contributed by atoms with Crippen LogP contribution in [0.1, 0.15) is 5.56 Å². The van der Waals surface area contributed by atoms with Gasteiger partial charge in [0.05, 0.1) is 6.20 Å². The van der Waals surface area contributed by atoms with E-state index in [4.69, 9.17) is 9.59 Å². The average molecular weight is 266 g/mol. The maximum absolute atomic E-state index is 8.12. The van der Waals surface area contributed by atoms with Crippen molar-refractivity contribution < 1.29 is 48.3 Å². The van der Waals surface area contributed by atoms with Crippen molar-refractivity contribution >= 4 is 6.15 Å². The Morgan fingerprint density at radius 2 is 1.68 bits per heavy atom. The van der Waals surface area contributed by atoms with Crippen LogP contribution in [0.4, 0.5) is 0 Å². The molecule has 0 unspecified atom stereocenters. The molecule has 0 aliphatic carbocycles. The Hall–Kier alpha value is -1.32. The smallest absolute Gasteiger partial charge is 0.303 e. The molecular formula is C14H15N2NaO2+2. The first-order chi connectivity index (χ1) is 8.60. The molecule has 0 N–H and O–H groups in total. The molecule has 0 amide bonds. The fourth-order valence-electron chi connectivity index (χ4n) is 1.65. The molecule has 2 heterocycles. The number of carbonyl (C=O) groups excluding carboxylic acids is 2. The Balaban J connectivity index is 0.000000742. The van der Waals surface area contributed by atoms with Crippen LogP contribution in [-0.2, 0) is 23.7 Å². The summed E-state index contributed by atoms with van der Waals surface area (Å²) >= 11 is 0. The summed E-state index contributed by atoms with van der Waals surface area (Å²) in [6.45, 7) is 2.11. The predicted octanol–water partition coefficient (Wildman–Crippen LogP) is -2.47. The maximum Gasteiger partial charge on any atom is 1.00 e. The van der Waals surface area contributed by atoms with Gasteiger partial charge in [0, 0.05) is 12.1 Å². The summed E-state index contributed by atoms with van der Waals surface area (Å²) in [6.07, 6.45) is 4.34. The second kappa shape index (κ2) is 8.73. The van der Waals surface area contributed by atoms with E-state index in [0.29, 0.717) is 0 Å². The van der Waals surface area contributed by atoms with Crippen LogP contribution in [0.3, 0.4) is 0 Å². The predicted molar refractivity (Wildman–Crippen MR) is 62.8 cm³/mol. The number of aryl methyl sites for hydroxylation is 3. The molecule has 0 saturated heterocycles. The minimum Gasteiger partial charge on any atom is -0.303 e. The number of pyridine rings is 2. The summed E-state index contributed by atoms with van der Waals surface area (Å²) in [5, 5.41) is 0. The van der Waals surface area contributed by atoms with E-state index in [0.717, 1.165) is 0 Å². The topological polar surface area (TPSA) is 41.9 Å². The van der Waals surface area contributed by atoms with E-state index in [1.807, 2.05) is 25.4 Å². The van der Waals surface area contributed by atoms with Gasteiger partial charge in [0.1, 0.15) is 14.1 Å². The molecule has 0 aromatic carbocycles. The van der Waals surface area contributed by atoms with Crippen molar-refractivity contribution in [1.29, 1.82) is 0 Å². The molecule has 92 valence electrons. The SMILES string of the molecule is Cc1cc[n+](C)c(-c2c[c-]cc[n+]2C)c1.O=C=O.[Na+]. The van der Waals surface area contributed by atoms with E-state index in [9.17, 15) is 0 Å². The van der Waals surface area contributed by atoms with Gasteiger partial charge in [-0.2, -0.15) is 15.7 Å². The van der Waals surface area contributed by atoms with Crippen molar-refractivity contribution in [3.63, 3.8) is 0 Å². The minimum atomic E-state index is 0. The largest absolute Gasteiger partial charge is 1.00 e. The third kappa shape index (κ3) is 5.05. The van der Waals surface area contributed by atoms with Crippen molar-refractivity contribution in [2.75, 3.05) is 0 Å². The van der Waals surface area contributed by atoms with Gasteiger partial charge in [-0.1, -0.05) is 6.07 Å².